The van der Waals surface area contributed by atoms with Crippen LogP contribution in [-0.4, -0.2) is 47.8 Å². The van der Waals surface area contributed by atoms with Crippen LogP contribution in [0.3, 0.4) is 0 Å². The third-order valence-corrected chi connectivity index (χ3v) is 5.91. The van der Waals surface area contributed by atoms with Gasteiger partial charge in [-0.05, 0) is 48.2 Å². The van der Waals surface area contributed by atoms with Crippen molar-refractivity contribution < 1.29 is 18.0 Å². The predicted molar refractivity (Wildman–Crippen MR) is 113 cm³/mol. The number of hydrogen-bond acceptors (Lipinski definition) is 2. The molecule has 2 aromatic carbocycles. The van der Waals surface area contributed by atoms with Crippen LogP contribution in [0, 0.1) is 0 Å². The summed E-state index contributed by atoms with van der Waals surface area (Å²) >= 11 is 11.9. The standard InChI is InChI=1S/C22H23Cl2F3N2O/c23-15-21(30)29-12-10-28(11-13-29)20(17-2-1-3-19(24)14-17)9-6-16-4-7-18(8-5-16)22(25,26)27/h1-5,7-8,14,20H,6,9-13,15H2. The summed E-state index contributed by atoms with van der Waals surface area (Å²) < 4.78 is 38.4. The number of alkyl halides is 4. The Hall–Kier alpha value is -1.76. The van der Waals surface area contributed by atoms with Crippen LogP contribution < -0.4 is 0 Å². The summed E-state index contributed by atoms with van der Waals surface area (Å²) in [5.74, 6) is -0.0913. The summed E-state index contributed by atoms with van der Waals surface area (Å²) in [5.41, 5.74) is 1.27. The molecule has 1 saturated heterocycles. The molecule has 2 aromatic rings. The Balaban J connectivity index is 1.72. The van der Waals surface area contributed by atoms with E-state index in [0.29, 0.717) is 37.6 Å². The molecule has 0 spiro atoms. The van der Waals surface area contributed by atoms with Gasteiger partial charge in [-0.15, -0.1) is 11.6 Å². The van der Waals surface area contributed by atoms with Gasteiger partial charge in [0.25, 0.3) is 0 Å². The van der Waals surface area contributed by atoms with Crippen LogP contribution in [0.1, 0.15) is 29.2 Å². The summed E-state index contributed by atoms with van der Waals surface area (Å²) in [4.78, 5) is 15.9. The molecule has 1 aliphatic heterocycles. The second-order valence-corrected chi connectivity index (χ2v) is 8.06. The highest BCUT2D eigenvalue weighted by molar-refractivity contribution is 6.30. The van der Waals surface area contributed by atoms with E-state index < -0.39 is 11.7 Å². The number of rotatable bonds is 6. The van der Waals surface area contributed by atoms with Crippen molar-refractivity contribution in [1.29, 1.82) is 0 Å². The molecule has 1 aliphatic rings. The number of benzene rings is 2. The number of amides is 1. The van der Waals surface area contributed by atoms with E-state index in [1.807, 2.05) is 24.3 Å². The topological polar surface area (TPSA) is 23.6 Å². The van der Waals surface area contributed by atoms with Crippen molar-refractivity contribution in [2.75, 3.05) is 32.1 Å². The number of carbonyl (C=O) groups is 1. The molecule has 3 rings (SSSR count). The maximum atomic E-state index is 12.8. The average Bonchev–Trinajstić information content (AvgIpc) is 2.73. The summed E-state index contributed by atoms with van der Waals surface area (Å²) in [5, 5.41) is 0.642. The Morgan fingerprint density at radius 2 is 1.70 bits per heavy atom. The molecule has 1 atom stereocenters. The molecule has 1 fully saturated rings. The summed E-state index contributed by atoms with van der Waals surface area (Å²) in [7, 11) is 0. The lowest BCUT2D eigenvalue weighted by atomic mass is 9.96. The van der Waals surface area contributed by atoms with E-state index in [1.54, 1.807) is 4.90 Å². The molecule has 30 heavy (non-hydrogen) atoms. The molecule has 0 radical (unpaired) electrons. The van der Waals surface area contributed by atoms with E-state index in [-0.39, 0.29) is 17.8 Å². The van der Waals surface area contributed by atoms with E-state index in [0.717, 1.165) is 29.7 Å². The van der Waals surface area contributed by atoms with Crippen LogP contribution in [0.5, 0.6) is 0 Å². The number of aryl methyl sites for hydroxylation is 1. The van der Waals surface area contributed by atoms with E-state index in [4.69, 9.17) is 23.2 Å². The maximum Gasteiger partial charge on any atom is 0.416 e. The third kappa shape index (κ3) is 5.90. The zero-order valence-electron chi connectivity index (χ0n) is 16.3. The normalized spacial score (nSPS) is 16.5. The van der Waals surface area contributed by atoms with Crippen LogP contribution in [0.25, 0.3) is 0 Å². The minimum absolute atomic E-state index is 0.0222. The first kappa shape index (κ1) is 22.9. The van der Waals surface area contributed by atoms with Gasteiger partial charge in [0.15, 0.2) is 0 Å². The van der Waals surface area contributed by atoms with Gasteiger partial charge in [-0.25, -0.2) is 0 Å². The SMILES string of the molecule is O=C(CCl)N1CCN(C(CCc2ccc(C(F)(F)F)cc2)c2cccc(Cl)c2)CC1. The first-order valence-corrected chi connectivity index (χ1v) is 10.7. The quantitative estimate of drug-likeness (QED) is 0.539. The zero-order valence-corrected chi connectivity index (χ0v) is 17.9. The lowest BCUT2D eigenvalue weighted by Crippen LogP contribution is -2.50. The van der Waals surface area contributed by atoms with Crippen LogP contribution in [0.2, 0.25) is 5.02 Å². The van der Waals surface area contributed by atoms with Gasteiger partial charge in [0.2, 0.25) is 5.91 Å². The van der Waals surface area contributed by atoms with Crippen LogP contribution in [0.4, 0.5) is 13.2 Å². The van der Waals surface area contributed by atoms with E-state index in [1.165, 1.54) is 12.1 Å². The summed E-state index contributed by atoms with van der Waals surface area (Å²) in [6.07, 6.45) is -2.96. The fourth-order valence-electron chi connectivity index (χ4n) is 3.81. The van der Waals surface area contributed by atoms with Crippen molar-refractivity contribution in [2.24, 2.45) is 0 Å². The van der Waals surface area contributed by atoms with E-state index in [9.17, 15) is 18.0 Å². The second kappa shape index (κ2) is 10.0. The summed E-state index contributed by atoms with van der Waals surface area (Å²) in [6, 6.07) is 13.0. The van der Waals surface area contributed by atoms with Crippen molar-refractivity contribution in [1.82, 2.24) is 9.80 Å². The van der Waals surface area contributed by atoms with Crippen molar-refractivity contribution in [3.63, 3.8) is 0 Å². The highest BCUT2D eigenvalue weighted by Crippen LogP contribution is 2.31. The van der Waals surface area contributed by atoms with E-state index >= 15 is 0 Å². The maximum absolute atomic E-state index is 12.8. The lowest BCUT2D eigenvalue weighted by molar-refractivity contribution is -0.137. The number of piperazine rings is 1. The molecule has 1 heterocycles. The van der Waals surface area contributed by atoms with Crippen molar-refractivity contribution in [3.05, 3.63) is 70.2 Å². The number of carbonyl (C=O) groups excluding carboxylic acids is 1. The van der Waals surface area contributed by atoms with Gasteiger partial charge in [-0.2, -0.15) is 13.2 Å². The highest BCUT2D eigenvalue weighted by Gasteiger charge is 2.30. The van der Waals surface area contributed by atoms with Crippen molar-refractivity contribution in [3.8, 4) is 0 Å². The number of hydrogen-bond donors (Lipinski definition) is 0. The molecular weight excluding hydrogens is 436 g/mol. The van der Waals surface area contributed by atoms with E-state index in [2.05, 4.69) is 4.90 Å². The van der Waals surface area contributed by atoms with Gasteiger partial charge < -0.3 is 4.90 Å². The largest absolute Gasteiger partial charge is 0.416 e. The van der Waals surface area contributed by atoms with Crippen molar-refractivity contribution in [2.45, 2.75) is 25.1 Å². The Kier molecular flexibility index (Phi) is 7.66. The Bertz CT molecular complexity index is 850. The summed E-state index contributed by atoms with van der Waals surface area (Å²) in [6.45, 7) is 2.60. The molecule has 1 amide bonds. The number of halogens is 5. The second-order valence-electron chi connectivity index (χ2n) is 7.35. The van der Waals surface area contributed by atoms with Gasteiger partial charge >= 0.3 is 6.18 Å². The smallest absolute Gasteiger partial charge is 0.339 e. The van der Waals surface area contributed by atoms with Crippen LogP contribution in [-0.2, 0) is 17.4 Å². The molecule has 0 aliphatic carbocycles. The zero-order chi connectivity index (χ0) is 21.7. The average molecular weight is 459 g/mol. The minimum Gasteiger partial charge on any atom is -0.339 e. The molecule has 3 nitrogen and oxygen atoms in total. The Morgan fingerprint density at radius 3 is 2.27 bits per heavy atom. The fourth-order valence-corrected chi connectivity index (χ4v) is 4.17. The van der Waals surface area contributed by atoms with Crippen LogP contribution in [0.15, 0.2) is 48.5 Å². The first-order chi connectivity index (χ1) is 14.3. The highest BCUT2D eigenvalue weighted by atomic mass is 35.5. The molecule has 0 bridgehead atoms. The molecular formula is C22H23Cl2F3N2O. The molecule has 8 heteroatoms. The molecule has 0 aromatic heterocycles. The first-order valence-electron chi connectivity index (χ1n) is 9.77. The van der Waals surface area contributed by atoms with Gasteiger partial charge in [0, 0.05) is 37.2 Å². The van der Waals surface area contributed by atoms with Crippen LogP contribution >= 0.6 is 23.2 Å². The Labute approximate surface area is 184 Å². The molecule has 162 valence electrons. The van der Waals surface area contributed by atoms with Gasteiger partial charge in [-0.3, -0.25) is 9.69 Å². The monoisotopic (exact) mass is 458 g/mol. The number of nitrogens with zero attached hydrogens (tertiary/aromatic N) is 2. The predicted octanol–water partition coefficient (Wildman–Crippen LogP) is 5.42. The molecule has 0 N–H and O–H groups in total. The molecule has 0 saturated carbocycles. The fraction of sp³-hybridized carbons (Fsp3) is 0.409. The van der Waals surface area contributed by atoms with Gasteiger partial charge in [0.1, 0.15) is 5.88 Å². The lowest BCUT2D eigenvalue weighted by Gasteiger charge is -2.39. The minimum atomic E-state index is -4.33. The molecule has 1 unspecified atom stereocenters. The Morgan fingerprint density at radius 1 is 1.03 bits per heavy atom. The van der Waals surface area contributed by atoms with Gasteiger partial charge in [0.05, 0.1) is 5.56 Å². The van der Waals surface area contributed by atoms with Crippen molar-refractivity contribution >= 4 is 29.1 Å². The van der Waals surface area contributed by atoms with Gasteiger partial charge in [-0.1, -0.05) is 35.9 Å². The third-order valence-electron chi connectivity index (χ3n) is 5.44.